The number of ether oxygens (including phenoxy) is 2. The summed E-state index contributed by atoms with van der Waals surface area (Å²) in [5.74, 6) is 0.950. The molecule has 11 heteroatoms. The van der Waals surface area contributed by atoms with Crippen LogP contribution in [-0.4, -0.2) is 51.3 Å². The van der Waals surface area contributed by atoms with E-state index in [2.05, 4.69) is 5.32 Å². The lowest BCUT2D eigenvalue weighted by molar-refractivity contribution is 0.394. The fourth-order valence-corrected chi connectivity index (χ4v) is 3.76. The number of hydrogen-bond donors (Lipinski definition) is 3. The molecule has 0 aromatic heterocycles. The molecule has 0 heterocycles. The van der Waals surface area contributed by atoms with Crippen LogP contribution in [0.15, 0.2) is 18.2 Å². The second kappa shape index (κ2) is 7.13. The number of benzene rings is 1. The van der Waals surface area contributed by atoms with Gasteiger partial charge in [0, 0.05) is 36.9 Å². The zero-order valence-electron chi connectivity index (χ0n) is 11.9. The van der Waals surface area contributed by atoms with Crippen molar-refractivity contribution in [1.82, 2.24) is 0 Å². The molecule has 0 aliphatic rings. The molecule has 0 amide bonds. The minimum absolute atomic E-state index is 0.138. The van der Waals surface area contributed by atoms with E-state index in [1.165, 1.54) is 14.2 Å². The van der Waals surface area contributed by atoms with E-state index < -0.39 is 31.2 Å². The Bertz CT molecular complexity index is 659. The molecule has 0 fully saturated rings. The molecule has 0 radical (unpaired) electrons. The van der Waals surface area contributed by atoms with Gasteiger partial charge < -0.3 is 14.8 Å². The minimum atomic E-state index is -4.93. The molecule has 1 rings (SSSR count). The molecule has 0 saturated carbocycles. The van der Waals surface area contributed by atoms with Crippen LogP contribution in [-0.2, 0) is 20.2 Å². The molecule has 1 aromatic rings. The molecule has 3 N–H and O–H groups in total. The first-order valence-electron chi connectivity index (χ1n) is 5.97. The number of hydrogen-bond acceptors (Lipinski definition) is 7. The fourth-order valence-electron chi connectivity index (χ4n) is 1.70. The maximum atomic E-state index is 11.0. The lowest BCUT2D eigenvalue weighted by atomic mass is 10.2. The first-order chi connectivity index (χ1) is 10.1. The molecule has 22 heavy (non-hydrogen) atoms. The summed E-state index contributed by atoms with van der Waals surface area (Å²) in [6.45, 7) is -0.138. The van der Waals surface area contributed by atoms with E-state index in [1.807, 2.05) is 0 Å². The Labute approximate surface area is 128 Å². The van der Waals surface area contributed by atoms with E-state index >= 15 is 0 Å². The van der Waals surface area contributed by atoms with Crippen LogP contribution in [0.25, 0.3) is 0 Å². The summed E-state index contributed by atoms with van der Waals surface area (Å²) in [4.78, 5) is 0. The normalized spacial score (nSPS) is 12.2. The monoisotopic (exact) mass is 355 g/mol. The van der Waals surface area contributed by atoms with E-state index in [4.69, 9.17) is 18.6 Å². The van der Waals surface area contributed by atoms with E-state index in [0.29, 0.717) is 17.2 Å². The molecule has 0 atom stereocenters. The van der Waals surface area contributed by atoms with E-state index in [9.17, 15) is 16.8 Å². The van der Waals surface area contributed by atoms with Crippen molar-refractivity contribution in [2.45, 2.75) is 11.0 Å². The Morgan fingerprint density at radius 2 is 1.45 bits per heavy atom. The van der Waals surface area contributed by atoms with Gasteiger partial charge in [-0.25, -0.2) is 0 Å². The van der Waals surface area contributed by atoms with E-state index in [-0.39, 0.29) is 6.54 Å². The lowest BCUT2D eigenvalue weighted by Crippen LogP contribution is -2.31. The summed E-state index contributed by atoms with van der Waals surface area (Å²) < 4.78 is 69.3. The van der Waals surface area contributed by atoms with Gasteiger partial charge in [0.1, 0.15) is 11.5 Å². The summed E-state index contributed by atoms with van der Waals surface area (Å²) in [5, 5.41) is 2.76. The average molecular weight is 355 g/mol. The number of rotatable bonds is 8. The van der Waals surface area contributed by atoms with Crippen LogP contribution in [0.3, 0.4) is 0 Å². The van der Waals surface area contributed by atoms with Crippen molar-refractivity contribution < 1.29 is 35.4 Å². The van der Waals surface area contributed by atoms with Gasteiger partial charge in [-0.3, -0.25) is 9.11 Å². The van der Waals surface area contributed by atoms with Crippen LogP contribution in [0.1, 0.15) is 6.42 Å². The Morgan fingerprint density at radius 1 is 1.00 bits per heavy atom. The molecule has 0 aliphatic carbocycles. The van der Waals surface area contributed by atoms with Crippen molar-refractivity contribution in [1.29, 1.82) is 0 Å². The number of anilines is 1. The second-order valence-corrected chi connectivity index (χ2v) is 7.77. The van der Waals surface area contributed by atoms with Crippen molar-refractivity contribution in [2.24, 2.45) is 0 Å². The van der Waals surface area contributed by atoms with Gasteiger partial charge in [-0.05, 0) is 0 Å². The smallest absolute Gasteiger partial charge is 0.284 e. The predicted octanol–water partition coefficient (Wildman–Crippen LogP) is 0.608. The largest absolute Gasteiger partial charge is 0.497 e. The molecule has 0 unspecified atom stereocenters. The highest BCUT2D eigenvalue weighted by Crippen LogP contribution is 2.26. The van der Waals surface area contributed by atoms with E-state index in [0.717, 1.165) is 0 Å². The zero-order chi connectivity index (χ0) is 17.0. The summed E-state index contributed by atoms with van der Waals surface area (Å²) in [5.41, 5.74) is 0.487. The molecular weight excluding hydrogens is 338 g/mol. The fraction of sp³-hybridized carbons (Fsp3) is 0.455. The van der Waals surface area contributed by atoms with Crippen molar-refractivity contribution in [3.8, 4) is 11.5 Å². The lowest BCUT2D eigenvalue weighted by Gasteiger charge is -2.13. The maximum Gasteiger partial charge on any atom is 0.284 e. The van der Waals surface area contributed by atoms with Crippen LogP contribution in [0.2, 0.25) is 0 Å². The Kier molecular flexibility index (Phi) is 6.00. The van der Waals surface area contributed by atoms with Gasteiger partial charge in [-0.2, -0.15) is 16.8 Å². The van der Waals surface area contributed by atoms with Crippen molar-refractivity contribution in [3.63, 3.8) is 0 Å². The summed E-state index contributed by atoms with van der Waals surface area (Å²) in [6.07, 6.45) is -0.544. The van der Waals surface area contributed by atoms with Gasteiger partial charge in [0.15, 0.2) is 0 Å². The van der Waals surface area contributed by atoms with Gasteiger partial charge in [-0.15, -0.1) is 0 Å². The first-order valence-corrected chi connectivity index (χ1v) is 8.98. The van der Waals surface area contributed by atoms with Crippen molar-refractivity contribution in [3.05, 3.63) is 18.2 Å². The van der Waals surface area contributed by atoms with Crippen LogP contribution in [0.5, 0.6) is 11.5 Å². The van der Waals surface area contributed by atoms with Gasteiger partial charge in [0.05, 0.1) is 14.2 Å². The van der Waals surface area contributed by atoms with Crippen LogP contribution < -0.4 is 14.8 Å². The zero-order valence-corrected chi connectivity index (χ0v) is 13.5. The second-order valence-electron chi connectivity index (χ2n) is 4.28. The molecule has 0 spiro atoms. The Balaban J connectivity index is 2.82. The number of nitrogens with one attached hydrogen (secondary N) is 1. The SMILES string of the molecule is COc1cc(NCCC(S(=O)(=O)O)S(=O)(=O)O)cc(OC)c1. The topological polar surface area (TPSA) is 139 Å². The molecular formula is C11H17NO8S2. The van der Waals surface area contributed by atoms with Gasteiger partial charge in [0.2, 0.25) is 4.58 Å². The van der Waals surface area contributed by atoms with Crippen LogP contribution >= 0.6 is 0 Å². The Morgan fingerprint density at radius 3 is 1.82 bits per heavy atom. The standard InChI is InChI=1S/C11H17NO8S2/c1-19-9-5-8(6-10(7-9)20-2)12-4-3-11(21(13,14)15)22(16,17)18/h5-7,11-12H,3-4H2,1-2H3,(H,13,14,15)(H,16,17,18). The summed E-state index contributed by atoms with van der Waals surface area (Å²) in [7, 11) is -6.96. The van der Waals surface area contributed by atoms with Gasteiger partial charge in [0.25, 0.3) is 20.2 Å². The van der Waals surface area contributed by atoms with Crippen LogP contribution in [0.4, 0.5) is 5.69 Å². The summed E-state index contributed by atoms with van der Waals surface area (Å²) >= 11 is 0. The van der Waals surface area contributed by atoms with Crippen molar-refractivity contribution in [2.75, 3.05) is 26.1 Å². The highest BCUT2D eigenvalue weighted by molar-refractivity contribution is 8.03. The maximum absolute atomic E-state index is 11.0. The molecule has 9 nitrogen and oxygen atoms in total. The quantitative estimate of drug-likeness (QED) is 0.572. The molecule has 1 aromatic carbocycles. The summed E-state index contributed by atoms with van der Waals surface area (Å²) in [6, 6.07) is 4.78. The van der Waals surface area contributed by atoms with Crippen molar-refractivity contribution >= 4 is 25.9 Å². The highest BCUT2D eigenvalue weighted by atomic mass is 32.3. The first kappa shape index (κ1) is 18.5. The molecule has 0 bridgehead atoms. The molecule has 0 saturated heterocycles. The Hall–Kier alpha value is -1.56. The third-order valence-corrected chi connectivity index (χ3v) is 5.98. The third-order valence-electron chi connectivity index (χ3n) is 2.73. The van der Waals surface area contributed by atoms with Gasteiger partial charge in [-0.1, -0.05) is 0 Å². The molecule has 0 aliphatic heterocycles. The van der Waals surface area contributed by atoms with Crippen LogP contribution in [0, 0.1) is 0 Å². The minimum Gasteiger partial charge on any atom is -0.497 e. The predicted molar refractivity (Wildman–Crippen MR) is 79.5 cm³/mol. The molecule has 126 valence electrons. The third kappa shape index (κ3) is 5.33. The highest BCUT2D eigenvalue weighted by Gasteiger charge is 2.34. The van der Waals surface area contributed by atoms with E-state index in [1.54, 1.807) is 18.2 Å². The average Bonchev–Trinajstić information content (AvgIpc) is 2.40. The number of methoxy groups -OCH3 is 2. The van der Waals surface area contributed by atoms with Gasteiger partial charge >= 0.3 is 0 Å².